The van der Waals surface area contributed by atoms with E-state index in [1.54, 1.807) is 0 Å². The minimum atomic E-state index is -0.0891. The Morgan fingerprint density at radius 1 is 1.50 bits per heavy atom. The maximum atomic E-state index is 11.6. The summed E-state index contributed by atoms with van der Waals surface area (Å²) in [4.78, 5) is 14.1. The Morgan fingerprint density at radius 2 is 2.19 bits per heavy atom. The molecule has 0 aromatic carbocycles. The maximum absolute atomic E-state index is 11.6. The number of hydrogen-bond acceptors (Lipinski definition) is 2. The van der Waals surface area contributed by atoms with Gasteiger partial charge in [-0.3, -0.25) is 4.79 Å². The van der Waals surface area contributed by atoms with Crippen LogP contribution in [0.2, 0.25) is 0 Å². The Hall–Kier alpha value is -0.640. The summed E-state index contributed by atoms with van der Waals surface area (Å²) in [6, 6.07) is 0. The van der Waals surface area contributed by atoms with Crippen molar-refractivity contribution in [3.05, 3.63) is 0 Å². The summed E-state index contributed by atoms with van der Waals surface area (Å²) in [5.41, 5.74) is 5.58. The van der Waals surface area contributed by atoms with E-state index in [0.29, 0.717) is 10.9 Å². The second-order valence-corrected chi connectivity index (χ2v) is 5.63. The third-order valence-corrected chi connectivity index (χ3v) is 3.87. The van der Waals surface area contributed by atoms with Crippen LogP contribution in [0.15, 0.2) is 0 Å². The largest absolute Gasteiger partial charge is 0.393 e. The Morgan fingerprint density at radius 3 is 2.75 bits per heavy atom. The van der Waals surface area contributed by atoms with E-state index in [4.69, 9.17) is 18.0 Å². The van der Waals surface area contributed by atoms with Crippen LogP contribution in [0.4, 0.5) is 0 Å². The number of likely N-dealkylation sites (tertiary alicyclic amines) is 1. The van der Waals surface area contributed by atoms with Gasteiger partial charge in [0.1, 0.15) is 0 Å². The topological polar surface area (TPSA) is 46.3 Å². The van der Waals surface area contributed by atoms with Crippen molar-refractivity contribution in [3.8, 4) is 0 Å². The molecule has 0 aromatic rings. The number of nitrogens with zero attached hydrogens (tertiary/aromatic N) is 1. The molecule has 16 heavy (non-hydrogen) atoms. The molecule has 1 fully saturated rings. The first-order valence-corrected chi connectivity index (χ1v) is 6.42. The Kier molecular flexibility index (Phi) is 4.71. The molecule has 2 N–H and O–H groups in total. The standard InChI is InChI=1S/C12H22N2OS/c1-12(2,11(13)16)7-5-9-14-8-4-3-6-10(14)15/h3-9H2,1-2H3,(H2,13,16). The van der Waals surface area contributed by atoms with Crippen molar-refractivity contribution in [1.29, 1.82) is 0 Å². The smallest absolute Gasteiger partial charge is 0.222 e. The van der Waals surface area contributed by atoms with Crippen LogP contribution in [-0.2, 0) is 4.79 Å². The molecule has 0 aliphatic carbocycles. The highest BCUT2D eigenvalue weighted by atomic mass is 32.1. The molecule has 1 aliphatic heterocycles. The van der Waals surface area contributed by atoms with Gasteiger partial charge in [-0.05, 0) is 25.7 Å². The first kappa shape index (κ1) is 13.4. The first-order chi connectivity index (χ1) is 7.43. The van der Waals surface area contributed by atoms with E-state index in [1.807, 2.05) is 4.90 Å². The van der Waals surface area contributed by atoms with Crippen molar-refractivity contribution >= 4 is 23.1 Å². The molecule has 1 saturated heterocycles. The average molecular weight is 242 g/mol. The van der Waals surface area contributed by atoms with Crippen LogP contribution in [-0.4, -0.2) is 28.9 Å². The zero-order valence-electron chi connectivity index (χ0n) is 10.3. The summed E-state index contributed by atoms with van der Waals surface area (Å²) in [5.74, 6) is 0.305. The van der Waals surface area contributed by atoms with E-state index in [2.05, 4.69) is 13.8 Å². The number of hydrogen-bond donors (Lipinski definition) is 1. The molecule has 0 saturated carbocycles. The van der Waals surface area contributed by atoms with Gasteiger partial charge in [0.2, 0.25) is 5.91 Å². The van der Waals surface area contributed by atoms with Gasteiger partial charge in [0.15, 0.2) is 0 Å². The number of piperidine rings is 1. The van der Waals surface area contributed by atoms with Crippen molar-refractivity contribution in [2.45, 2.75) is 46.0 Å². The number of thiocarbonyl (C=S) groups is 1. The summed E-state index contributed by atoms with van der Waals surface area (Å²) in [6.07, 6.45) is 4.85. The SMILES string of the molecule is CC(C)(CCCN1CCCCC1=O)C(N)=S. The number of amides is 1. The van der Waals surface area contributed by atoms with E-state index in [1.165, 1.54) is 0 Å². The molecule has 3 nitrogen and oxygen atoms in total. The number of rotatable bonds is 5. The van der Waals surface area contributed by atoms with E-state index in [0.717, 1.165) is 45.2 Å². The summed E-state index contributed by atoms with van der Waals surface area (Å²) in [6.45, 7) is 5.90. The monoisotopic (exact) mass is 242 g/mol. The molecular formula is C12H22N2OS. The first-order valence-electron chi connectivity index (χ1n) is 6.01. The highest BCUT2D eigenvalue weighted by molar-refractivity contribution is 7.80. The van der Waals surface area contributed by atoms with Crippen molar-refractivity contribution < 1.29 is 4.79 Å². The molecule has 0 bridgehead atoms. The van der Waals surface area contributed by atoms with Crippen LogP contribution >= 0.6 is 12.2 Å². The lowest BCUT2D eigenvalue weighted by molar-refractivity contribution is -0.133. The summed E-state index contributed by atoms with van der Waals surface area (Å²) in [7, 11) is 0. The van der Waals surface area contributed by atoms with Crippen molar-refractivity contribution in [3.63, 3.8) is 0 Å². The Balaban J connectivity index is 2.29. The summed E-state index contributed by atoms with van der Waals surface area (Å²) in [5, 5.41) is 0. The van der Waals surface area contributed by atoms with Crippen LogP contribution in [0.5, 0.6) is 0 Å². The molecule has 1 aliphatic rings. The van der Waals surface area contributed by atoms with Crippen LogP contribution in [0.25, 0.3) is 0 Å². The highest BCUT2D eigenvalue weighted by Crippen LogP contribution is 2.23. The molecule has 0 unspecified atom stereocenters. The van der Waals surface area contributed by atoms with E-state index >= 15 is 0 Å². The molecule has 0 atom stereocenters. The van der Waals surface area contributed by atoms with Gasteiger partial charge < -0.3 is 10.6 Å². The fourth-order valence-electron chi connectivity index (χ4n) is 1.93. The van der Waals surface area contributed by atoms with Gasteiger partial charge in [0.25, 0.3) is 0 Å². The van der Waals surface area contributed by atoms with E-state index in [9.17, 15) is 4.79 Å². The normalized spacial score (nSPS) is 17.6. The van der Waals surface area contributed by atoms with Crippen molar-refractivity contribution in [2.75, 3.05) is 13.1 Å². The van der Waals surface area contributed by atoms with Gasteiger partial charge in [0, 0.05) is 24.9 Å². The van der Waals surface area contributed by atoms with E-state index in [-0.39, 0.29) is 5.41 Å². The Labute approximate surface area is 103 Å². The molecule has 92 valence electrons. The van der Waals surface area contributed by atoms with Crippen LogP contribution in [0.3, 0.4) is 0 Å². The second kappa shape index (κ2) is 5.62. The van der Waals surface area contributed by atoms with Crippen molar-refractivity contribution in [1.82, 2.24) is 4.90 Å². The van der Waals surface area contributed by atoms with Gasteiger partial charge >= 0.3 is 0 Å². The molecule has 0 radical (unpaired) electrons. The summed E-state index contributed by atoms with van der Waals surface area (Å²) < 4.78 is 0. The third-order valence-electron chi connectivity index (χ3n) is 3.32. The fraction of sp³-hybridized carbons (Fsp3) is 0.833. The molecule has 0 aromatic heterocycles. The van der Waals surface area contributed by atoms with Gasteiger partial charge in [-0.2, -0.15) is 0 Å². The van der Waals surface area contributed by atoms with E-state index < -0.39 is 0 Å². The number of nitrogens with two attached hydrogens (primary N) is 1. The molecule has 1 rings (SSSR count). The summed E-state index contributed by atoms with van der Waals surface area (Å²) >= 11 is 5.02. The van der Waals surface area contributed by atoms with Crippen LogP contribution in [0.1, 0.15) is 46.0 Å². The fourth-order valence-corrected chi connectivity index (χ4v) is 2.04. The van der Waals surface area contributed by atoms with Gasteiger partial charge in [0.05, 0.1) is 4.99 Å². The zero-order chi connectivity index (χ0) is 12.2. The molecule has 0 spiro atoms. The molecular weight excluding hydrogens is 220 g/mol. The zero-order valence-corrected chi connectivity index (χ0v) is 11.1. The minimum absolute atomic E-state index is 0.0891. The second-order valence-electron chi connectivity index (χ2n) is 5.19. The predicted molar refractivity (Wildman–Crippen MR) is 70.2 cm³/mol. The highest BCUT2D eigenvalue weighted by Gasteiger charge is 2.22. The van der Waals surface area contributed by atoms with Gasteiger partial charge in [-0.25, -0.2) is 0 Å². The number of carbonyl (C=O) groups is 1. The van der Waals surface area contributed by atoms with Crippen molar-refractivity contribution in [2.24, 2.45) is 11.1 Å². The Bertz CT molecular complexity index is 276. The lowest BCUT2D eigenvalue weighted by Crippen LogP contribution is -2.37. The molecule has 1 heterocycles. The lowest BCUT2D eigenvalue weighted by Gasteiger charge is -2.29. The average Bonchev–Trinajstić information content (AvgIpc) is 2.20. The van der Waals surface area contributed by atoms with Gasteiger partial charge in [-0.1, -0.05) is 26.1 Å². The number of carbonyl (C=O) groups excluding carboxylic acids is 1. The third kappa shape index (κ3) is 3.74. The molecule has 4 heteroatoms. The van der Waals surface area contributed by atoms with Crippen LogP contribution < -0.4 is 5.73 Å². The molecule has 1 amide bonds. The maximum Gasteiger partial charge on any atom is 0.222 e. The van der Waals surface area contributed by atoms with Crippen LogP contribution in [0, 0.1) is 5.41 Å². The van der Waals surface area contributed by atoms with Gasteiger partial charge in [-0.15, -0.1) is 0 Å². The minimum Gasteiger partial charge on any atom is -0.393 e. The quantitative estimate of drug-likeness (QED) is 0.751. The predicted octanol–water partition coefficient (Wildman–Crippen LogP) is 2.09. The lowest BCUT2D eigenvalue weighted by atomic mass is 9.88.